The van der Waals surface area contributed by atoms with Crippen LogP contribution in [0.25, 0.3) is 11.3 Å². The van der Waals surface area contributed by atoms with E-state index in [9.17, 15) is 0 Å². The quantitative estimate of drug-likeness (QED) is 0.873. The summed E-state index contributed by atoms with van der Waals surface area (Å²) in [6.07, 6.45) is 2.65. The van der Waals surface area contributed by atoms with Crippen LogP contribution in [0.4, 0.5) is 0 Å². The van der Waals surface area contributed by atoms with Gasteiger partial charge in [0.2, 0.25) is 0 Å². The van der Waals surface area contributed by atoms with Crippen LogP contribution < -0.4 is 10.5 Å². The maximum absolute atomic E-state index is 5.57. The molecule has 17 heavy (non-hydrogen) atoms. The van der Waals surface area contributed by atoms with Crippen LogP contribution in [0.1, 0.15) is 5.56 Å². The number of hydrogen-bond acceptors (Lipinski definition) is 3. The van der Waals surface area contributed by atoms with Gasteiger partial charge in [-0.3, -0.25) is 4.98 Å². The minimum absolute atomic E-state index is 0.647. The standard InChI is InChI=1S/C14H16N2O/c1-17-14-6-5-11(7-8-15)10-12(14)13-4-2-3-9-16-13/h2-6,9-10H,7-8,15H2,1H3. The van der Waals surface area contributed by atoms with Gasteiger partial charge in [0.1, 0.15) is 5.75 Å². The Morgan fingerprint density at radius 1 is 1.24 bits per heavy atom. The third kappa shape index (κ3) is 2.63. The van der Waals surface area contributed by atoms with Crippen LogP contribution in [0.2, 0.25) is 0 Å². The molecule has 1 aromatic heterocycles. The van der Waals surface area contributed by atoms with Crippen molar-refractivity contribution in [2.75, 3.05) is 13.7 Å². The highest BCUT2D eigenvalue weighted by atomic mass is 16.5. The summed E-state index contributed by atoms with van der Waals surface area (Å²) in [7, 11) is 1.67. The second-order valence-electron chi connectivity index (χ2n) is 3.79. The van der Waals surface area contributed by atoms with Gasteiger partial charge in [0, 0.05) is 11.8 Å². The first-order valence-corrected chi connectivity index (χ1v) is 5.63. The molecular formula is C14H16N2O. The summed E-state index contributed by atoms with van der Waals surface area (Å²) < 4.78 is 5.36. The molecule has 1 heterocycles. The number of methoxy groups -OCH3 is 1. The SMILES string of the molecule is COc1ccc(CCN)cc1-c1ccccn1. The van der Waals surface area contributed by atoms with Crippen molar-refractivity contribution in [3.63, 3.8) is 0 Å². The van der Waals surface area contributed by atoms with Crippen LogP contribution in [0, 0.1) is 0 Å². The van der Waals surface area contributed by atoms with Crippen molar-refractivity contribution in [3.05, 3.63) is 48.2 Å². The van der Waals surface area contributed by atoms with Gasteiger partial charge < -0.3 is 10.5 Å². The molecule has 0 aliphatic rings. The lowest BCUT2D eigenvalue weighted by Gasteiger charge is -2.10. The van der Waals surface area contributed by atoms with Gasteiger partial charge in [0.15, 0.2) is 0 Å². The molecule has 0 spiro atoms. The molecule has 0 saturated heterocycles. The Morgan fingerprint density at radius 3 is 2.76 bits per heavy atom. The van der Waals surface area contributed by atoms with Crippen LogP contribution in [-0.2, 0) is 6.42 Å². The fourth-order valence-electron chi connectivity index (χ4n) is 1.80. The second-order valence-corrected chi connectivity index (χ2v) is 3.79. The summed E-state index contributed by atoms with van der Waals surface area (Å²) in [4.78, 5) is 4.35. The molecule has 0 saturated carbocycles. The predicted octanol–water partition coefficient (Wildman–Crippen LogP) is 2.26. The lowest BCUT2D eigenvalue weighted by molar-refractivity contribution is 0.416. The highest BCUT2D eigenvalue weighted by molar-refractivity contribution is 5.67. The number of benzene rings is 1. The maximum atomic E-state index is 5.57. The van der Waals surface area contributed by atoms with Crippen molar-refractivity contribution < 1.29 is 4.74 Å². The van der Waals surface area contributed by atoms with E-state index < -0.39 is 0 Å². The average molecular weight is 228 g/mol. The molecule has 3 nitrogen and oxygen atoms in total. The van der Waals surface area contributed by atoms with E-state index in [1.165, 1.54) is 5.56 Å². The van der Waals surface area contributed by atoms with E-state index in [0.717, 1.165) is 23.4 Å². The number of nitrogens with zero attached hydrogens (tertiary/aromatic N) is 1. The second kappa shape index (κ2) is 5.46. The smallest absolute Gasteiger partial charge is 0.128 e. The number of pyridine rings is 1. The maximum Gasteiger partial charge on any atom is 0.128 e. The Bertz CT molecular complexity index is 483. The Balaban J connectivity index is 2.46. The topological polar surface area (TPSA) is 48.1 Å². The molecule has 0 aliphatic carbocycles. The summed E-state index contributed by atoms with van der Waals surface area (Å²) in [6, 6.07) is 11.9. The first-order valence-electron chi connectivity index (χ1n) is 5.63. The summed E-state index contributed by atoms with van der Waals surface area (Å²) in [5.74, 6) is 0.837. The monoisotopic (exact) mass is 228 g/mol. The molecule has 0 fully saturated rings. The van der Waals surface area contributed by atoms with Crippen LogP contribution in [0.5, 0.6) is 5.75 Å². The average Bonchev–Trinajstić information content (AvgIpc) is 2.40. The first kappa shape index (κ1) is 11.6. The Morgan fingerprint density at radius 2 is 2.12 bits per heavy atom. The van der Waals surface area contributed by atoms with Gasteiger partial charge in [0.05, 0.1) is 12.8 Å². The molecule has 2 aromatic rings. The molecule has 2 N–H and O–H groups in total. The third-order valence-electron chi connectivity index (χ3n) is 2.64. The summed E-state index contributed by atoms with van der Waals surface area (Å²) in [5, 5.41) is 0. The molecule has 1 aromatic carbocycles. The van der Waals surface area contributed by atoms with Crippen molar-refractivity contribution in [2.24, 2.45) is 5.73 Å². The van der Waals surface area contributed by atoms with Gasteiger partial charge in [0.25, 0.3) is 0 Å². The van der Waals surface area contributed by atoms with E-state index in [1.54, 1.807) is 13.3 Å². The summed E-state index contributed by atoms with van der Waals surface area (Å²) in [5.41, 5.74) is 8.71. The number of ether oxygens (including phenoxy) is 1. The molecule has 0 aliphatic heterocycles. The van der Waals surface area contributed by atoms with Gasteiger partial charge >= 0.3 is 0 Å². The normalized spacial score (nSPS) is 10.2. The highest BCUT2D eigenvalue weighted by Gasteiger charge is 2.07. The molecule has 88 valence electrons. The zero-order valence-electron chi connectivity index (χ0n) is 9.89. The minimum atomic E-state index is 0.647. The van der Waals surface area contributed by atoms with Crippen LogP contribution in [0.3, 0.4) is 0 Å². The lowest BCUT2D eigenvalue weighted by Crippen LogP contribution is -2.03. The van der Waals surface area contributed by atoms with Crippen molar-refractivity contribution in [1.29, 1.82) is 0 Å². The molecule has 3 heteroatoms. The molecule has 0 bridgehead atoms. The number of aromatic nitrogens is 1. The Kier molecular flexibility index (Phi) is 3.73. The van der Waals surface area contributed by atoms with Crippen LogP contribution in [-0.4, -0.2) is 18.6 Å². The first-order chi connectivity index (χ1) is 8.35. The van der Waals surface area contributed by atoms with E-state index in [1.807, 2.05) is 30.3 Å². The van der Waals surface area contributed by atoms with Gasteiger partial charge in [-0.2, -0.15) is 0 Å². The van der Waals surface area contributed by atoms with Gasteiger partial charge in [-0.25, -0.2) is 0 Å². The molecule has 0 radical (unpaired) electrons. The van der Waals surface area contributed by atoms with Gasteiger partial charge in [-0.1, -0.05) is 12.1 Å². The molecule has 2 rings (SSSR count). The van der Waals surface area contributed by atoms with E-state index in [-0.39, 0.29) is 0 Å². The summed E-state index contributed by atoms with van der Waals surface area (Å²) in [6.45, 7) is 0.647. The van der Waals surface area contributed by atoms with Gasteiger partial charge in [-0.15, -0.1) is 0 Å². The van der Waals surface area contributed by atoms with E-state index in [4.69, 9.17) is 10.5 Å². The molecular weight excluding hydrogens is 212 g/mol. The van der Waals surface area contributed by atoms with E-state index in [0.29, 0.717) is 6.54 Å². The highest BCUT2D eigenvalue weighted by Crippen LogP contribution is 2.29. The summed E-state index contributed by atoms with van der Waals surface area (Å²) >= 11 is 0. The molecule has 0 unspecified atom stereocenters. The molecule has 0 amide bonds. The number of hydrogen-bond donors (Lipinski definition) is 1. The fourth-order valence-corrected chi connectivity index (χ4v) is 1.80. The zero-order chi connectivity index (χ0) is 12.1. The Labute approximate surface area is 101 Å². The van der Waals surface area contributed by atoms with Crippen molar-refractivity contribution in [3.8, 4) is 17.0 Å². The third-order valence-corrected chi connectivity index (χ3v) is 2.64. The van der Waals surface area contributed by atoms with Crippen LogP contribution in [0.15, 0.2) is 42.6 Å². The Hall–Kier alpha value is -1.87. The van der Waals surface area contributed by atoms with E-state index >= 15 is 0 Å². The van der Waals surface area contributed by atoms with Crippen LogP contribution >= 0.6 is 0 Å². The van der Waals surface area contributed by atoms with Gasteiger partial charge in [-0.05, 0) is 42.8 Å². The number of rotatable bonds is 4. The largest absolute Gasteiger partial charge is 0.496 e. The van der Waals surface area contributed by atoms with Crippen molar-refractivity contribution >= 4 is 0 Å². The van der Waals surface area contributed by atoms with Crippen molar-refractivity contribution in [2.45, 2.75) is 6.42 Å². The lowest BCUT2D eigenvalue weighted by atomic mass is 10.0. The minimum Gasteiger partial charge on any atom is -0.496 e. The zero-order valence-corrected chi connectivity index (χ0v) is 9.89. The molecule has 0 atom stereocenters. The predicted molar refractivity (Wildman–Crippen MR) is 69.0 cm³/mol. The van der Waals surface area contributed by atoms with E-state index in [2.05, 4.69) is 11.1 Å². The fraction of sp³-hybridized carbons (Fsp3) is 0.214. The van der Waals surface area contributed by atoms with Crippen molar-refractivity contribution in [1.82, 2.24) is 4.98 Å². The number of nitrogens with two attached hydrogens (primary N) is 1.